The van der Waals surface area contributed by atoms with Crippen molar-refractivity contribution in [1.29, 1.82) is 0 Å². The lowest BCUT2D eigenvalue weighted by atomic mass is 9.89. The minimum Gasteiger partial charge on any atom is -0.373 e. The SMILES string of the molecule is Cc1ccc(C2OCCCC2CNC(=NCC(=O)N(C)C)NC2CC3CCC2C3)cc1.I. The van der Waals surface area contributed by atoms with Crippen LogP contribution in [0.2, 0.25) is 0 Å². The highest BCUT2D eigenvalue weighted by Gasteiger charge is 2.40. The second kappa shape index (κ2) is 11.7. The van der Waals surface area contributed by atoms with Gasteiger partial charge in [-0.05, 0) is 56.4 Å². The van der Waals surface area contributed by atoms with Crippen LogP contribution in [0.5, 0.6) is 0 Å². The topological polar surface area (TPSA) is 66.0 Å². The zero-order valence-electron chi connectivity index (χ0n) is 19.7. The molecule has 5 atom stereocenters. The van der Waals surface area contributed by atoms with Gasteiger partial charge in [-0.25, -0.2) is 4.99 Å². The summed E-state index contributed by atoms with van der Waals surface area (Å²) in [6.45, 7) is 3.90. The monoisotopic (exact) mass is 554 g/mol. The van der Waals surface area contributed by atoms with E-state index in [0.717, 1.165) is 43.8 Å². The molecule has 2 saturated carbocycles. The predicted octanol–water partition coefficient (Wildman–Crippen LogP) is 3.89. The van der Waals surface area contributed by atoms with E-state index >= 15 is 0 Å². The van der Waals surface area contributed by atoms with Crippen LogP contribution in [0.3, 0.4) is 0 Å². The van der Waals surface area contributed by atoms with E-state index in [0.29, 0.717) is 12.0 Å². The molecule has 7 heteroatoms. The number of fused-ring (bicyclic) bond motifs is 2. The zero-order valence-corrected chi connectivity index (χ0v) is 22.0. The summed E-state index contributed by atoms with van der Waals surface area (Å²) in [5.41, 5.74) is 2.52. The third-order valence-electron chi connectivity index (χ3n) is 7.31. The molecule has 1 saturated heterocycles. The summed E-state index contributed by atoms with van der Waals surface area (Å²) >= 11 is 0. The van der Waals surface area contributed by atoms with E-state index in [1.54, 1.807) is 19.0 Å². The molecule has 6 nitrogen and oxygen atoms in total. The van der Waals surface area contributed by atoms with Gasteiger partial charge in [0.15, 0.2) is 5.96 Å². The molecule has 3 aliphatic rings. The number of rotatable bonds is 6. The Morgan fingerprint density at radius 2 is 1.94 bits per heavy atom. The van der Waals surface area contributed by atoms with Crippen molar-refractivity contribution >= 4 is 35.8 Å². The average molecular weight is 555 g/mol. The van der Waals surface area contributed by atoms with Gasteiger partial charge in [0.2, 0.25) is 5.91 Å². The lowest BCUT2D eigenvalue weighted by molar-refractivity contribution is -0.127. The maximum atomic E-state index is 12.1. The molecular formula is C25H39IN4O2. The third-order valence-corrected chi connectivity index (χ3v) is 7.31. The minimum atomic E-state index is 0. The second-order valence-electron chi connectivity index (χ2n) is 9.86. The predicted molar refractivity (Wildman–Crippen MR) is 139 cm³/mol. The highest BCUT2D eigenvalue weighted by molar-refractivity contribution is 14.0. The maximum absolute atomic E-state index is 12.1. The van der Waals surface area contributed by atoms with Gasteiger partial charge in [-0.1, -0.05) is 36.2 Å². The fourth-order valence-electron chi connectivity index (χ4n) is 5.44. The number of amides is 1. The van der Waals surface area contributed by atoms with E-state index in [4.69, 9.17) is 4.74 Å². The Bertz CT molecular complexity index is 783. The van der Waals surface area contributed by atoms with Crippen LogP contribution in [0.15, 0.2) is 29.3 Å². The number of halogens is 1. The van der Waals surface area contributed by atoms with Gasteiger partial charge >= 0.3 is 0 Å². The largest absolute Gasteiger partial charge is 0.373 e. The number of nitrogens with zero attached hydrogens (tertiary/aromatic N) is 2. The molecule has 32 heavy (non-hydrogen) atoms. The number of nitrogens with one attached hydrogen (secondary N) is 2. The number of hydrogen-bond donors (Lipinski definition) is 2. The van der Waals surface area contributed by atoms with Crippen LogP contribution in [0, 0.1) is 24.7 Å². The van der Waals surface area contributed by atoms with E-state index in [1.165, 1.54) is 36.8 Å². The number of carbonyl (C=O) groups excluding carboxylic acids is 1. The summed E-state index contributed by atoms with van der Waals surface area (Å²) in [5.74, 6) is 2.80. The number of ether oxygens (including phenoxy) is 1. The zero-order chi connectivity index (χ0) is 21.8. The highest BCUT2D eigenvalue weighted by atomic mass is 127. The van der Waals surface area contributed by atoms with Gasteiger partial charge in [-0.2, -0.15) is 0 Å². The normalized spacial score (nSPS) is 29.3. The number of hydrogen-bond acceptors (Lipinski definition) is 3. The molecule has 5 unspecified atom stereocenters. The van der Waals surface area contributed by atoms with Crippen molar-refractivity contribution in [3.63, 3.8) is 0 Å². The minimum absolute atomic E-state index is 0. The fraction of sp³-hybridized carbons (Fsp3) is 0.680. The maximum Gasteiger partial charge on any atom is 0.243 e. The van der Waals surface area contributed by atoms with Crippen molar-refractivity contribution in [2.45, 2.75) is 57.6 Å². The van der Waals surface area contributed by atoms with Crippen molar-refractivity contribution in [1.82, 2.24) is 15.5 Å². The number of likely N-dealkylation sites (N-methyl/N-ethyl adjacent to an activating group) is 1. The van der Waals surface area contributed by atoms with Gasteiger partial charge in [0.05, 0.1) is 6.10 Å². The molecule has 2 N–H and O–H groups in total. The molecule has 0 radical (unpaired) electrons. The highest BCUT2D eigenvalue weighted by Crippen LogP contribution is 2.44. The molecule has 1 heterocycles. The Hall–Kier alpha value is -1.35. The van der Waals surface area contributed by atoms with Gasteiger partial charge in [0, 0.05) is 39.2 Å². The van der Waals surface area contributed by atoms with Crippen LogP contribution in [0.25, 0.3) is 0 Å². The molecule has 0 spiro atoms. The number of aliphatic imine (C=N–C) groups is 1. The van der Waals surface area contributed by atoms with Crippen LogP contribution in [0.4, 0.5) is 0 Å². The summed E-state index contributed by atoms with van der Waals surface area (Å²) in [7, 11) is 3.56. The Balaban J connectivity index is 0.00000289. The van der Waals surface area contributed by atoms with E-state index in [-0.39, 0.29) is 42.5 Å². The fourth-order valence-corrected chi connectivity index (χ4v) is 5.44. The van der Waals surface area contributed by atoms with Crippen LogP contribution < -0.4 is 10.6 Å². The molecule has 3 fully saturated rings. The first-order valence-corrected chi connectivity index (χ1v) is 11.9. The summed E-state index contributed by atoms with van der Waals surface area (Å²) < 4.78 is 6.19. The lowest BCUT2D eigenvalue weighted by Crippen LogP contribution is -2.48. The Morgan fingerprint density at radius 3 is 2.59 bits per heavy atom. The molecule has 1 amide bonds. The lowest BCUT2D eigenvalue weighted by Gasteiger charge is -2.33. The quantitative estimate of drug-likeness (QED) is 0.318. The smallest absolute Gasteiger partial charge is 0.243 e. The van der Waals surface area contributed by atoms with Crippen LogP contribution in [-0.2, 0) is 9.53 Å². The van der Waals surface area contributed by atoms with Crippen molar-refractivity contribution in [2.24, 2.45) is 22.7 Å². The Kier molecular flexibility index (Phi) is 9.22. The van der Waals surface area contributed by atoms with E-state index in [9.17, 15) is 4.79 Å². The van der Waals surface area contributed by atoms with Gasteiger partial charge in [0.25, 0.3) is 0 Å². The van der Waals surface area contributed by atoms with Crippen LogP contribution in [-0.4, -0.2) is 56.6 Å². The average Bonchev–Trinajstić information content (AvgIpc) is 3.39. The molecule has 0 aromatic heterocycles. The first kappa shape index (κ1) is 25.3. The number of guanidine groups is 1. The molecule has 2 bridgehead atoms. The number of aryl methyl sites for hydroxylation is 1. The van der Waals surface area contributed by atoms with E-state index in [2.05, 4.69) is 46.8 Å². The van der Waals surface area contributed by atoms with E-state index in [1.807, 2.05) is 0 Å². The molecule has 1 aliphatic heterocycles. The van der Waals surface area contributed by atoms with Crippen LogP contribution >= 0.6 is 24.0 Å². The molecule has 4 rings (SSSR count). The Labute approximate surface area is 210 Å². The third kappa shape index (κ3) is 6.37. The number of benzene rings is 1. The second-order valence-corrected chi connectivity index (χ2v) is 9.86. The Morgan fingerprint density at radius 1 is 1.16 bits per heavy atom. The number of carbonyl (C=O) groups is 1. The molecule has 178 valence electrons. The first-order chi connectivity index (χ1) is 15.0. The van der Waals surface area contributed by atoms with Crippen LogP contribution in [0.1, 0.15) is 55.8 Å². The van der Waals surface area contributed by atoms with Crippen molar-refractivity contribution in [3.8, 4) is 0 Å². The first-order valence-electron chi connectivity index (χ1n) is 11.9. The van der Waals surface area contributed by atoms with Crippen molar-refractivity contribution in [3.05, 3.63) is 35.4 Å². The van der Waals surface area contributed by atoms with Gasteiger partial charge in [-0.3, -0.25) is 4.79 Å². The van der Waals surface area contributed by atoms with E-state index < -0.39 is 0 Å². The molecule has 1 aromatic rings. The standard InChI is InChI=1S/C25H38N4O2.HI/c1-17-6-9-19(10-7-17)24-21(5-4-12-31-24)15-26-25(27-16-23(30)29(2)3)28-22-14-18-8-11-20(22)13-18;/h6-7,9-10,18,20-22,24H,4-5,8,11-16H2,1-3H3,(H2,26,27,28);1H. The molecule has 1 aromatic carbocycles. The van der Waals surface area contributed by atoms with Gasteiger partial charge < -0.3 is 20.3 Å². The molecule has 2 aliphatic carbocycles. The van der Waals surface area contributed by atoms with Gasteiger partial charge in [-0.15, -0.1) is 24.0 Å². The van der Waals surface area contributed by atoms with Crippen molar-refractivity contribution in [2.75, 3.05) is 33.8 Å². The summed E-state index contributed by atoms with van der Waals surface area (Å²) in [6, 6.07) is 9.19. The molecular weight excluding hydrogens is 515 g/mol. The van der Waals surface area contributed by atoms with Crippen molar-refractivity contribution < 1.29 is 9.53 Å². The summed E-state index contributed by atoms with van der Waals surface area (Å²) in [5, 5.41) is 7.24. The summed E-state index contributed by atoms with van der Waals surface area (Å²) in [4.78, 5) is 18.4. The summed E-state index contributed by atoms with van der Waals surface area (Å²) in [6.07, 6.45) is 7.58. The van der Waals surface area contributed by atoms with Gasteiger partial charge in [0.1, 0.15) is 6.54 Å².